The monoisotopic (exact) mass is 398 g/mol. The molecule has 2 aromatic carbocycles. The molecule has 144 valence electrons. The van der Waals surface area contributed by atoms with E-state index in [-0.39, 0.29) is 22.5 Å². The molecule has 28 heavy (non-hydrogen) atoms. The molecular formula is C20H17FN3O3S-. The van der Waals surface area contributed by atoms with Crippen LogP contribution in [0.2, 0.25) is 0 Å². The van der Waals surface area contributed by atoms with Crippen LogP contribution in [0.5, 0.6) is 5.75 Å². The van der Waals surface area contributed by atoms with Crippen LogP contribution >= 0.6 is 11.8 Å². The SMILES string of the molecule is CCc1nc(S/C(=C\c2ccccc2OCc2ccccc2F)C(=O)[O-])n[nH]1. The van der Waals surface area contributed by atoms with Crippen LogP contribution in [0.3, 0.4) is 0 Å². The van der Waals surface area contributed by atoms with E-state index in [1.807, 2.05) is 6.92 Å². The van der Waals surface area contributed by atoms with E-state index < -0.39 is 5.97 Å². The second-order valence-electron chi connectivity index (χ2n) is 5.73. The molecule has 0 atom stereocenters. The molecule has 3 aromatic rings. The fourth-order valence-electron chi connectivity index (χ4n) is 2.35. The predicted molar refractivity (Wildman–Crippen MR) is 102 cm³/mol. The number of aryl methyl sites for hydroxylation is 1. The number of halogens is 1. The number of aromatic amines is 1. The van der Waals surface area contributed by atoms with Gasteiger partial charge in [-0.3, -0.25) is 5.10 Å². The maximum Gasteiger partial charge on any atom is 0.213 e. The van der Waals surface area contributed by atoms with Crippen LogP contribution in [0, 0.1) is 5.82 Å². The van der Waals surface area contributed by atoms with Gasteiger partial charge in [0.2, 0.25) is 5.16 Å². The molecule has 0 saturated carbocycles. The highest BCUT2D eigenvalue weighted by Gasteiger charge is 2.10. The average Bonchev–Trinajstić information content (AvgIpc) is 3.15. The van der Waals surface area contributed by atoms with Crippen LogP contribution < -0.4 is 9.84 Å². The lowest BCUT2D eigenvalue weighted by atomic mass is 10.2. The Balaban J connectivity index is 1.82. The maximum absolute atomic E-state index is 13.8. The standard InChI is InChI=1S/C20H18FN3O3S/c1-2-18-22-20(24-23-18)28-17(19(25)26)11-13-7-4-6-10-16(13)27-12-14-8-3-5-9-15(14)21/h3-11H,2,12H2,1H3,(H,25,26)(H,22,23,24)/p-1/b17-11-. The Morgan fingerprint density at radius 1 is 1.25 bits per heavy atom. The molecule has 0 saturated heterocycles. The van der Waals surface area contributed by atoms with Gasteiger partial charge in [-0.1, -0.05) is 43.3 Å². The quantitative estimate of drug-likeness (QED) is 0.463. The molecule has 0 bridgehead atoms. The maximum atomic E-state index is 13.8. The molecule has 0 fully saturated rings. The Kier molecular flexibility index (Phi) is 6.44. The first-order chi connectivity index (χ1) is 13.6. The number of rotatable bonds is 8. The summed E-state index contributed by atoms with van der Waals surface area (Å²) in [6.45, 7) is 1.93. The molecule has 1 aromatic heterocycles. The number of thioether (sulfide) groups is 1. The van der Waals surface area contributed by atoms with Gasteiger partial charge in [0.05, 0.1) is 5.97 Å². The van der Waals surface area contributed by atoms with Gasteiger partial charge in [-0.2, -0.15) is 0 Å². The summed E-state index contributed by atoms with van der Waals surface area (Å²) in [6, 6.07) is 13.2. The number of carboxylic acid groups (broad SMARTS) is 1. The zero-order chi connectivity index (χ0) is 19.9. The van der Waals surface area contributed by atoms with Gasteiger partial charge in [0.25, 0.3) is 0 Å². The molecule has 0 aliphatic heterocycles. The zero-order valence-corrected chi connectivity index (χ0v) is 15.8. The second-order valence-corrected chi connectivity index (χ2v) is 6.74. The Hall–Kier alpha value is -3.13. The topological polar surface area (TPSA) is 90.9 Å². The largest absolute Gasteiger partial charge is 0.544 e. The molecule has 3 rings (SSSR count). The van der Waals surface area contributed by atoms with Crippen molar-refractivity contribution in [3.05, 3.63) is 76.2 Å². The molecule has 0 aliphatic carbocycles. The summed E-state index contributed by atoms with van der Waals surface area (Å²) in [7, 11) is 0. The molecule has 1 N–H and O–H groups in total. The summed E-state index contributed by atoms with van der Waals surface area (Å²) >= 11 is 0.884. The van der Waals surface area contributed by atoms with E-state index in [1.54, 1.807) is 42.5 Å². The van der Waals surface area contributed by atoms with E-state index in [9.17, 15) is 14.3 Å². The number of para-hydroxylation sites is 1. The first kappa shape index (κ1) is 19.6. The van der Waals surface area contributed by atoms with Crippen molar-refractivity contribution in [1.82, 2.24) is 15.2 Å². The van der Waals surface area contributed by atoms with Crippen LogP contribution in [0.15, 0.2) is 58.6 Å². The van der Waals surface area contributed by atoms with E-state index in [0.717, 1.165) is 11.8 Å². The van der Waals surface area contributed by atoms with Gasteiger partial charge in [-0.25, -0.2) is 9.37 Å². The third-order valence-electron chi connectivity index (χ3n) is 3.80. The lowest BCUT2D eigenvalue weighted by Crippen LogP contribution is -2.23. The third-order valence-corrected chi connectivity index (χ3v) is 4.66. The lowest BCUT2D eigenvalue weighted by molar-refractivity contribution is -0.297. The number of nitrogens with one attached hydrogen (secondary N) is 1. The van der Waals surface area contributed by atoms with E-state index in [0.29, 0.717) is 29.1 Å². The van der Waals surface area contributed by atoms with Gasteiger partial charge in [0, 0.05) is 22.5 Å². The number of hydrogen-bond acceptors (Lipinski definition) is 6. The van der Waals surface area contributed by atoms with Crippen molar-refractivity contribution in [1.29, 1.82) is 0 Å². The van der Waals surface area contributed by atoms with Gasteiger partial charge in [0.1, 0.15) is 24.0 Å². The molecule has 1 heterocycles. The minimum Gasteiger partial charge on any atom is -0.544 e. The number of hydrogen-bond donors (Lipinski definition) is 1. The summed E-state index contributed by atoms with van der Waals surface area (Å²) < 4.78 is 19.5. The summed E-state index contributed by atoms with van der Waals surface area (Å²) in [5, 5.41) is 18.6. The van der Waals surface area contributed by atoms with Crippen LogP contribution in [0.4, 0.5) is 4.39 Å². The van der Waals surface area contributed by atoms with Gasteiger partial charge in [-0.15, -0.1) is 5.10 Å². The van der Waals surface area contributed by atoms with Crippen molar-refractivity contribution in [2.24, 2.45) is 0 Å². The van der Waals surface area contributed by atoms with Crippen LogP contribution in [0.25, 0.3) is 6.08 Å². The average molecular weight is 398 g/mol. The van der Waals surface area contributed by atoms with Crippen LogP contribution in [0.1, 0.15) is 23.9 Å². The molecule has 0 unspecified atom stereocenters. The second kappa shape index (κ2) is 9.18. The van der Waals surface area contributed by atoms with Crippen LogP contribution in [-0.2, 0) is 17.8 Å². The van der Waals surface area contributed by atoms with Crippen molar-refractivity contribution in [3.8, 4) is 5.75 Å². The molecule has 0 spiro atoms. The Morgan fingerprint density at radius 3 is 2.71 bits per heavy atom. The third kappa shape index (κ3) is 4.98. The zero-order valence-electron chi connectivity index (χ0n) is 15.0. The number of carbonyl (C=O) groups excluding carboxylic acids is 1. The lowest BCUT2D eigenvalue weighted by Gasteiger charge is -2.11. The number of carboxylic acids is 1. The van der Waals surface area contributed by atoms with Crippen molar-refractivity contribution < 1.29 is 19.0 Å². The molecule has 0 radical (unpaired) electrons. The Labute approximate surface area is 165 Å². The Bertz CT molecular complexity index is 1000. The first-order valence-electron chi connectivity index (χ1n) is 8.54. The van der Waals surface area contributed by atoms with Crippen molar-refractivity contribution in [2.45, 2.75) is 25.1 Å². The summed E-state index contributed by atoms with van der Waals surface area (Å²) in [5.41, 5.74) is 0.931. The van der Waals surface area contributed by atoms with Gasteiger partial charge < -0.3 is 14.6 Å². The van der Waals surface area contributed by atoms with E-state index in [1.165, 1.54) is 12.1 Å². The summed E-state index contributed by atoms with van der Waals surface area (Å²) in [6.07, 6.45) is 2.09. The van der Waals surface area contributed by atoms with Crippen molar-refractivity contribution in [2.75, 3.05) is 0 Å². The minimum atomic E-state index is -1.35. The first-order valence-corrected chi connectivity index (χ1v) is 9.36. The number of H-pyrrole nitrogens is 1. The van der Waals surface area contributed by atoms with E-state index in [2.05, 4.69) is 15.2 Å². The molecular weight excluding hydrogens is 381 g/mol. The highest BCUT2D eigenvalue weighted by molar-refractivity contribution is 8.04. The number of benzene rings is 2. The normalized spacial score (nSPS) is 11.4. The van der Waals surface area contributed by atoms with E-state index >= 15 is 0 Å². The minimum absolute atomic E-state index is 0.0199. The molecule has 0 aliphatic rings. The highest BCUT2D eigenvalue weighted by atomic mass is 32.2. The molecule has 6 nitrogen and oxygen atoms in total. The van der Waals surface area contributed by atoms with Gasteiger partial charge >= 0.3 is 0 Å². The smallest absolute Gasteiger partial charge is 0.213 e. The molecule has 0 amide bonds. The summed E-state index contributed by atoms with van der Waals surface area (Å²) in [5.74, 6) is -0.627. The van der Waals surface area contributed by atoms with Crippen LogP contribution in [-0.4, -0.2) is 21.2 Å². The number of aromatic nitrogens is 3. The number of nitrogens with zero attached hydrogens (tertiary/aromatic N) is 2. The van der Waals surface area contributed by atoms with Gasteiger partial charge in [-0.05, 0) is 30.0 Å². The number of aliphatic carboxylic acids is 1. The Morgan fingerprint density at radius 2 is 2.00 bits per heavy atom. The predicted octanol–water partition coefficient (Wildman–Crippen LogP) is 2.97. The van der Waals surface area contributed by atoms with Crippen molar-refractivity contribution in [3.63, 3.8) is 0 Å². The number of carbonyl (C=O) groups is 1. The van der Waals surface area contributed by atoms with E-state index in [4.69, 9.17) is 4.74 Å². The molecule has 8 heteroatoms. The van der Waals surface area contributed by atoms with Crippen molar-refractivity contribution >= 4 is 23.8 Å². The fraction of sp³-hybridized carbons (Fsp3) is 0.150. The fourth-order valence-corrected chi connectivity index (χ4v) is 3.07. The van der Waals surface area contributed by atoms with Gasteiger partial charge in [0.15, 0.2) is 0 Å². The summed E-state index contributed by atoms with van der Waals surface area (Å²) in [4.78, 5) is 15.7. The highest BCUT2D eigenvalue weighted by Crippen LogP contribution is 2.29. The number of ether oxygens (including phenoxy) is 1.